The van der Waals surface area contributed by atoms with Gasteiger partial charge in [0.05, 0.1) is 13.2 Å². The van der Waals surface area contributed by atoms with Gasteiger partial charge in [0, 0.05) is 19.4 Å². The van der Waals surface area contributed by atoms with Crippen LogP contribution in [0.15, 0.2) is 0 Å². The maximum Gasteiger partial charge on any atom is 0.320 e. The molecular formula is C8H13NO4. The smallest absolute Gasteiger partial charge is 0.320 e. The second-order valence-electron chi connectivity index (χ2n) is 3.41. The molecule has 2 N–H and O–H groups in total. The van der Waals surface area contributed by atoms with E-state index < -0.39 is 17.8 Å². The van der Waals surface area contributed by atoms with Crippen LogP contribution in [-0.4, -0.2) is 42.7 Å². The molecular weight excluding hydrogens is 174 g/mol. The second-order valence-corrected chi connectivity index (χ2v) is 3.41. The number of rotatable bonds is 1. The summed E-state index contributed by atoms with van der Waals surface area (Å²) in [7, 11) is 0. The van der Waals surface area contributed by atoms with Crippen LogP contribution in [-0.2, 0) is 14.3 Å². The van der Waals surface area contributed by atoms with Crippen LogP contribution in [0.5, 0.6) is 0 Å². The van der Waals surface area contributed by atoms with E-state index in [1.165, 1.54) is 0 Å². The molecule has 0 aromatic carbocycles. The topological polar surface area (TPSA) is 67.8 Å². The summed E-state index contributed by atoms with van der Waals surface area (Å²) in [5, 5.41) is 11.7. The molecule has 2 aliphatic heterocycles. The van der Waals surface area contributed by atoms with E-state index in [0.29, 0.717) is 26.2 Å². The number of carbonyl (C=O) groups is 1. The molecule has 0 unspecified atom stereocenters. The van der Waals surface area contributed by atoms with Crippen LogP contribution in [0.1, 0.15) is 12.8 Å². The highest BCUT2D eigenvalue weighted by Crippen LogP contribution is 2.30. The summed E-state index contributed by atoms with van der Waals surface area (Å²) in [6.07, 6.45) is 1.14. The lowest BCUT2D eigenvalue weighted by Crippen LogP contribution is -2.52. The summed E-state index contributed by atoms with van der Waals surface area (Å²) in [5.41, 5.74) is 0. The van der Waals surface area contributed by atoms with Gasteiger partial charge >= 0.3 is 5.97 Å². The van der Waals surface area contributed by atoms with Gasteiger partial charge in [0.25, 0.3) is 0 Å². The van der Waals surface area contributed by atoms with Crippen molar-refractivity contribution in [1.82, 2.24) is 5.32 Å². The predicted octanol–water partition coefficient (Wildman–Crippen LogP) is -0.434. The monoisotopic (exact) mass is 187 g/mol. The van der Waals surface area contributed by atoms with E-state index in [0.717, 1.165) is 6.42 Å². The minimum Gasteiger partial charge on any atom is -0.480 e. The number of carboxylic acids is 1. The number of ether oxygens (including phenoxy) is 2. The van der Waals surface area contributed by atoms with Crippen LogP contribution in [0.3, 0.4) is 0 Å². The molecule has 1 spiro atoms. The normalized spacial score (nSPS) is 32.2. The molecule has 0 aromatic heterocycles. The average molecular weight is 187 g/mol. The molecule has 2 heterocycles. The Morgan fingerprint density at radius 1 is 1.46 bits per heavy atom. The Morgan fingerprint density at radius 3 is 2.77 bits per heavy atom. The fourth-order valence-electron chi connectivity index (χ4n) is 1.86. The van der Waals surface area contributed by atoms with Gasteiger partial charge in [-0.25, -0.2) is 0 Å². The predicted molar refractivity (Wildman–Crippen MR) is 43.3 cm³/mol. The van der Waals surface area contributed by atoms with Crippen LogP contribution < -0.4 is 5.32 Å². The van der Waals surface area contributed by atoms with Crippen LogP contribution in [0.25, 0.3) is 0 Å². The fourth-order valence-corrected chi connectivity index (χ4v) is 1.86. The van der Waals surface area contributed by atoms with Gasteiger partial charge < -0.3 is 19.9 Å². The first-order valence-corrected chi connectivity index (χ1v) is 4.46. The van der Waals surface area contributed by atoms with Gasteiger partial charge in [0.15, 0.2) is 5.79 Å². The molecule has 0 saturated carbocycles. The Balaban J connectivity index is 2.02. The van der Waals surface area contributed by atoms with E-state index in [1.54, 1.807) is 0 Å². The maximum absolute atomic E-state index is 10.7. The van der Waals surface area contributed by atoms with Gasteiger partial charge in [-0.1, -0.05) is 0 Å². The van der Waals surface area contributed by atoms with Gasteiger partial charge in [-0.05, 0) is 0 Å². The molecule has 2 aliphatic rings. The molecule has 5 heteroatoms. The van der Waals surface area contributed by atoms with Crippen LogP contribution >= 0.6 is 0 Å². The van der Waals surface area contributed by atoms with Crippen molar-refractivity contribution in [3.05, 3.63) is 0 Å². The molecule has 1 atom stereocenters. The molecule has 2 fully saturated rings. The van der Waals surface area contributed by atoms with Crippen molar-refractivity contribution in [2.45, 2.75) is 24.7 Å². The number of piperidine rings is 1. The molecule has 0 aliphatic carbocycles. The molecule has 2 saturated heterocycles. The summed E-state index contributed by atoms with van der Waals surface area (Å²) in [4.78, 5) is 10.7. The first-order chi connectivity index (χ1) is 6.22. The molecule has 0 amide bonds. The molecule has 5 nitrogen and oxygen atoms in total. The molecule has 0 bridgehead atoms. The zero-order valence-corrected chi connectivity index (χ0v) is 7.28. The van der Waals surface area contributed by atoms with E-state index in [1.807, 2.05) is 0 Å². The van der Waals surface area contributed by atoms with Gasteiger partial charge in [0.2, 0.25) is 0 Å². The number of nitrogens with one attached hydrogen (secondary N) is 1. The van der Waals surface area contributed by atoms with Crippen molar-refractivity contribution in [2.24, 2.45) is 0 Å². The fraction of sp³-hybridized carbons (Fsp3) is 0.875. The van der Waals surface area contributed by atoms with Crippen molar-refractivity contribution >= 4 is 5.97 Å². The highest BCUT2D eigenvalue weighted by molar-refractivity contribution is 5.73. The Bertz CT molecular complexity index is 212. The number of carboxylic acid groups (broad SMARTS) is 1. The van der Waals surface area contributed by atoms with Crippen molar-refractivity contribution in [2.75, 3.05) is 19.8 Å². The van der Waals surface area contributed by atoms with Gasteiger partial charge in [0.1, 0.15) is 6.04 Å². The van der Waals surface area contributed by atoms with Gasteiger partial charge in [-0.3, -0.25) is 4.79 Å². The maximum atomic E-state index is 10.7. The van der Waals surface area contributed by atoms with E-state index in [2.05, 4.69) is 5.32 Å². The van der Waals surface area contributed by atoms with Crippen molar-refractivity contribution in [3.63, 3.8) is 0 Å². The summed E-state index contributed by atoms with van der Waals surface area (Å²) in [5.74, 6) is -1.45. The van der Waals surface area contributed by atoms with Crippen molar-refractivity contribution in [3.8, 4) is 0 Å². The largest absolute Gasteiger partial charge is 0.480 e. The third kappa shape index (κ3) is 1.67. The van der Waals surface area contributed by atoms with E-state index in [9.17, 15) is 4.79 Å². The highest BCUT2D eigenvalue weighted by Gasteiger charge is 2.43. The van der Waals surface area contributed by atoms with Crippen LogP contribution in [0.4, 0.5) is 0 Å². The number of hydrogen-bond acceptors (Lipinski definition) is 4. The Morgan fingerprint density at radius 2 is 2.15 bits per heavy atom. The minimum atomic E-state index is -0.835. The Kier molecular flexibility index (Phi) is 2.23. The lowest BCUT2D eigenvalue weighted by molar-refractivity contribution is -0.186. The third-order valence-corrected chi connectivity index (χ3v) is 2.52. The number of hydrogen-bond donors (Lipinski definition) is 2. The summed E-state index contributed by atoms with van der Waals surface area (Å²) < 4.78 is 10.9. The summed E-state index contributed by atoms with van der Waals surface area (Å²) in [6.45, 7) is 1.79. The van der Waals surface area contributed by atoms with E-state index in [-0.39, 0.29) is 0 Å². The standard InChI is InChI=1S/C8H13NO4/c10-7(11)6-5-8(1-2-9-6)12-3-4-13-8/h6,9H,1-5H2,(H,10,11)/t6-/m0/s1. The summed E-state index contributed by atoms with van der Waals surface area (Å²) in [6, 6.07) is -0.535. The molecule has 2 rings (SSSR count). The molecule has 0 radical (unpaired) electrons. The molecule has 0 aromatic rings. The highest BCUT2D eigenvalue weighted by atomic mass is 16.7. The molecule has 74 valence electrons. The van der Waals surface area contributed by atoms with E-state index in [4.69, 9.17) is 14.6 Å². The first kappa shape index (κ1) is 8.93. The lowest BCUT2D eigenvalue weighted by atomic mass is 9.98. The van der Waals surface area contributed by atoms with Crippen LogP contribution in [0.2, 0.25) is 0 Å². The van der Waals surface area contributed by atoms with Gasteiger partial charge in [-0.15, -0.1) is 0 Å². The van der Waals surface area contributed by atoms with Gasteiger partial charge in [-0.2, -0.15) is 0 Å². The summed E-state index contributed by atoms with van der Waals surface area (Å²) >= 11 is 0. The zero-order chi connectivity index (χ0) is 9.31. The molecule has 13 heavy (non-hydrogen) atoms. The average Bonchev–Trinajstić information content (AvgIpc) is 2.53. The van der Waals surface area contributed by atoms with Crippen molar-refractivity contribution < 1.29 is 19.4 Å². The third-order valence-electron chi connectivity index (χ3n) is 2.52. The Hall–Kier alpha value is -0.650. The Labute approximate surface area is 76.0 Å². The second kappa shape index (κ2) is 3.25. The van der Waals surface area contributed by atoms with E-state index >= 15 is 0 Å². The van der Waals surface area contributed by atoms with Crippen LogP contribution in [0, 0.1) is 0 Å². The first-order valence-electron chi connectivity index (χ1n) is 4.46. The quantitative estimate of drug-likeness (QED) is 0.583. The zero-order valence-electron chi connectivity index (χ0n) is 7.28. The van der Waals surface area contributed by atoms with Crippen molar-refractivity contribution in [1.29, 1.82) is 0 Å². The minimum absolute atomic E-state index is 0.405. The number of aliphatic carboxylic acids is 1. The lowest BCUT2D eigenvalue weighted by Gasteiger charge is -2.35. The SMILES string of the molecule is O=C(O)[C@@H]1CC2(CCN1)OCCO2.